The molecule has 1 amide bonds. The number of likely N-dealkylation sites (tertiary alicyclic amines) is 1. The Kier molecular flexibility index (Phi) is 4.23. The number of rotatable bonds is 3. The maximum Gasteiger partial charge on any atom is 0.308 e. The molecule has 1 aromatic heterocycles. The second-order valence-corrected chi connectivity index (χ2v) is 6.09. The molecule has 6 heteroatoms. The largest absolute Gasteiger partial charge is 0.481 e. The molecule has 0 spiro atoms. The molecule has 0 radical (unpaired) electrons. The van der Waals surface area contributed by atoms with Crippen molar-refractivity contribution in [3.63, 3.8) is 0 Å². The van der Waals surface area contributed by atoms with E-state index in [1.165, 1.54) is 18.3 Å². The van der Waals surface area contributed by atoms with Crippen LogP contribution in [-0.2, 0) is 4.79 Å². The molecule has 0 aliphatic carbocycles. The van der Waals surface area contributed by atoms with Crippen molar-refractivity contribution in [1.29, 1.82) is 0 Å². The van der Waals surface area contributed by atoms with E-state index >= 15 is 0 Å². The second kappa shape index (κ2) is 5.75. The summed E-state index contributed by atoms with van der Waals surface area (Å²) in [6.45, 7) is 3.62. The van der Waals surface area contributed by atoms with E-state index in [-0.39, 0.29) is 24.3 Å². The Labute approximate surface area is 121 Å². The molecule has 2 heterocycles. The van der Waals surface area contributed by atoms with Gasteiger partial charge in [0.2, 0.25) is 0 Å². The molecular formula is C14H17NO4S. The van der Waals surface area contributed by atoms with Crippen LogP contribution in [-0.4, -0.2) is 40.3 Å². The third kappa shape index (κ3) is 2.90. The van der Waals surface area contributed by atoms with Crippen LogP contribution in [0.4, 0.5) is 0 Å². The highest BCUT2D eigenvalue weighted by molar-refractivity contribution is 7.12. The van der Waals surface area contributed by atoms with Crippen LogP contribution in [0.15, 0.2) is 11.4 Å². The van der Waals surface area contributed by atoms with Gasteiger partial charge in [-0.15, -0.1) is 11.3 Å². The summed E-state index contributed by atoms with van der Waals surface area (Å²) in [7, 11) is 0. The lowest BCUT2D eigenvalue weighted by Gasteiger charge is -2.36. The highest BCUT2D eigenvalue weighted by atomic mass is 32.1. The van der Waals surface area contributed by atoms with Gasteiger partial charge in [-0.3, -0.25) is 14.4 Å². The molecule has 5 nitrogen and oxygen atoms in total. The molecule has 0 saturated carbocycles. The summed E-state index contributed by atoms with van der Waals surface area (Å²) in [6.07, 6.45) is 1.29. The average Bonchev–Trinajstić information content (AvgIpc) is 2.88. The topological polar surface area (TPSA) is 74.7 Å². The van der Waals surface area contributed by atoms with E-state index in [4.69, 9.17) is 5.11 Å². The molecule has 2 unspecified atom stereocenters. The number of Topliss-reactive ketones (excluding diaryl/α,β-unsaturated/α-hetero) is 1. The van der Waals surface area contributed by atoms with Gasteiger partial charge in [-0.05, 0) is 32.8 Å². The predicted molar refractivity (Wildman–Crippen MR) is 75.2 cm³/mol. The van der Waals surface area contributed by atoms with E-state index in [9.17, 15) is 14.4 Å². The molecule has 20 heavy (non-hydrogen) atoms. The minimum absolute atomic E-state index is 0.0287. The quantitative estimate of drug-likeness (QED) is 0.868. The SMILES string of the molecule is CC(=O)c1csc(C(=O)N2CC(C(=O)O)CCC2C)c1. The number of hydrogen-bond acceptors (Lipinski definition) is 4. The molecule has 108 valence electrons. The molecule has 2 rings (SSSR count). The number of aliphatic carboxylic acids is 1. The fraction of sp³-hybridized carbons (Fsp3) is 0.500. The summed E-state index contributed by atoms with van der Waals surface area (Å²) in [4.78, 5) is 36.9. The first-order valence-electron chi connectivity index (χ1n) is 6.53. The minimum Gasteiger partial charge on any atom is -0.481 e. The van der Waals surface area contributed by atoms with Gasteiger partial charge < -0.3 is 10.0 Å². The Balaban J connectivity index is 2.17. The van der Waals surface area contributed by atoms with Gasteiger partial charge in [-0.2, -0.15) is 0 Å². The van der Waals surface area contributed by atoms with E-state index < -0.39 is 11.9 Å². The first-order valence-corrected chi connectivity index (χ1v) is 7.41. The molecule has 1 fully saturated rings. The van der Waals surface area contributed by atoms with E-state index in [2.05, 4.69) is 0 Å². The van der Waals surface area contributed by atoms with Crippen molar-refractivity contribution in [2.45, 2.75) is 32.7 Å². The summed E-state index contributed by atoms with van der Waals surface area (Å²) in [5.74, 6) is -1.61. The zero-order chi connectivity index (χ0) is 14.9. The number of nitrogens with zero attached hydrogens (tertiary/aromatic N) is 1. The van der Waals surface area contributed by atoms with Crippen LogP contribution in [0.3, 0.4) is 0 Å². The first kappa shape index (κ1) is 14.7. The van der Waals surface area contributed by atoms with E-state index in [1.54, 1.807) is 16.3 Å². The van der Waals surface area contributed by atoms with Crippen LogP contribution >= 0.6 is 11.3 Å². The number of carboxylic acids is 1. The molecule has 1 aliphatic rings. The van der Waals surface area contributed by atoms with Gasteiger partial charge in [0.1, 0.15) is 0 Å². The Bertz CT molecular complexity index is 551. The van der Waals surface area contributed by atoms with Crippen LogP contribution in [0.1, 0.15) is 46.7 Å². The molecular weight excluding hydrogens is 278 g/mol. The van der Waals surface area contributed by atoms with Crippen LogP contribution < -0.4 is 0 Å². The van der Waals surface area contributed by atoms with Gasteiger partial charge in [0.05, 0.1) is 10.8 Å². The standard InChI is InChI=1S/C14H17NO4S/c1-8-3-4-10(14(18)19)6-15(8)13(17)12-5-11(7-20-12)9(2)16/h5,7-8,10H,3-4,6H2,1-2H3,(H,18,19). The zero-order valence-corrected chi connectivity index (χ0v) is 12.3. The number of carboxylic acid groups (broad SMARTS) is 1. The Hall–Kier alpha value is -1.69. The molecule has 2 atom stereocenters. The van der Waals surface area contributed by atoms with Crippen molar-refractivity contribution in [3.8, 4) is 0 Å². The van der Waals surface area contributed by atoms with Gasteiger partial charge in [-0.25, -0.2) is 0 Å². The van der Waals surface area contributed by atoms with Crippen molar-refractivity contribution in [3.05, 3.63) is 21.9 Å². The number of carbonyl (C=O) groups is 3. The molecule has 0 bridgehead atoms. The summed E-state index contributed by atoms with van der Waals surface area (Å²) in [5.41, 5.74) is 0.526. The fourth-order valence-corrected chi connectivity index (χ4v) is 3.27. The number of ketones is 1. The number of hydrogen-bond donors (Lipinski definition) is 1. The van der Waals surface area contributed by atoms with Crippen LogP contribution in [0.2, 0.25) is 0 Å². The lowest BCUT2D eigenvalue weighted by Crippen LogP contribution is -2.47. The van der Waals surface area contributed by atoms with Crippen LogP contribution in [0.5, 0.6) is 0 Å². The lowest BCUT2D eigenvalue weighted by molar-refractivity contribution is -0.143. The van der Waals surface area contributed by atoms with Gasteiger partial charge in [-0.1, -0.05) is 0 Å². The molecule has 1 N–H and O–H groups in total. The third-order valence-corrected chi connectivity index (χ3v) is 4.63. The molecule has 1 saturated heterocycles. The van der Waals surface area contributed by atoms with Crippen molar-refractivity contribution in [2.24, 2.45) is 5.92 Å². The second-order valence-electron chi connectivity index (χ2n) is 5.17. The van der Waals surface area contributed by atoms with Crippen molar-refractivity contribution in [1.82, 2.24) is 4.90 Å². The highest BCUT2D eigenvalue weighted by Gasteiger charge is 2.33. The van der Waals surface area contributed by atoms with Crippen LogP contribution in [0.25, 0.3) is 0 Å². The van der Waals surface area contributed by atoms with Gasteiger partial charge in [0.25, 0.3) is 5.91 Å². The Morgan fingerprint density at radius 3 is 2.60 bits per heavy atom. The van der Waals surface area contributed by atoms with Crippen molar-refractivity contribution in [2.75, 3.05) is 6.54 Å². The van der Waals surface area contributed by atoms with Crippen molar-refractivity contribution >= 4 is 29.0 Å². The summed E-state index contributed by atoms with van der Waals surface area (Å²) < 4.78 is 0. The highest BCUT2D eigenvalue weighted by Crippen LogP contribution is 2.26. The van der Waals surface area contributed by atoms with E-state index in [0.717, 1.165) is 0 Å². The van der Waals surface area contributed by atoms with Gasteiger partial charge in [0.15, 0.2) is 5.78 Å². The monoisotopic (exact) mass is 295 g/mol. The van der Waals surface area contributed by atoms with Gasteiger partial charge >= 0.3 is 5.97 Å². The maximum absolute atomic E-state index is 12.4. The summed E-state index contributed by atoms with van der Waals surface area (Å²) >= 11 is 1.23. The van der Waals surface area contributed by atoms with E-state index in [1.807, 2.05) is 6.92 Å². The number of carbonyl (C=O) groups excluding carboxylic acids is 2. The smallest absolute Gasteiger partial charge is 0.308 e. The number of amides is 1. The van der Waals surface area contributed by atoms with Crippen molar-refractivity contribution < 1.29 is 19.5 Å². The number of thiophene rings is 1. The third-order valence-electron chi connectivity index (χ3n) is 3.71. The maximum atomic E-state index is 12.4. The lowest BCUT2D eigenvalue weighted by atomic mass is 9.93. The normalized spacial score (nSPS) is 22.6. The summed E-state index contributed by atoms with van der Waals surface area (Å²) in [5, 5.41) is 10.8. The fourth-order valence-electron chi connectivity index (χ4n) is 2.37. The molecule has 0 aromatic carbocycles. The Morgan fingerprint density at radius 1 is 1.35 bits per heavy atom. The minimum atomic E-state index is -0.856. The van der Waals surface area contributed by atoms with E-state index in [0.29, 0.717) is 23.3 Å². The number of piperidine rings is 1. The zero-order valence-electron chi connectivity index (χ0n) is 11.5. The molecule has 1 aliphatic heterocycles. The first-order chi connectivity index (χ1) is 9.40. The van der Waals surface area contributed by atoms with Crippen LogP contribution in [0, 0.1) is 5.92 Å². The van der Waals surface area contributed by atoms with Gasteiger partial charge in [0, 0.05) is 23.5 Å². The molecule has 1 aromatic rings. The predicted octanol–water partition coefficient (Wildman–Crippen LogP) is 2.28. The Morgan fingerprint density at radius 2 is 2.05 bits per heavy atom. The summed E-state index contributed by atoms with van der Waals surface area (Å²) in [6, 6.07) is 1.62. The average molecular weight is 295 g/mol.